The van der Waals surface area contributed by atoms with Gasteiger partial charge in [-0.05, 0) is 48.6 Å². The topological polar surface area (TPSA) is 240 Å². The summed E-state index contributed by atoms with van der Waals surface area (Å²) in [5.74, 6) is -6.31. The largest absolute Gasteiger partial charge is 0.456 e. The van der Waals surface area contributed by atoms with Crippen LogP contribution in [0.15, 0.2) is 59.0 Å². The molecule has 0 radical (unpaired) electrons. The number of ketones is 1. The van der Waals surface area contributed by atoms with Gasteiger partial charge in [0, 0.05) is 44.1 Å². The minimum atomic E-state index is -2.39. The molecule has 1 amide bonds. The van der Waals surface area contributed by atoms with Crippen molar-refractivity contribution in [2.75, 3.05) is 26.9 Å². The van der Waals surface area contributed by atoms with Crippen LogP contribution in [-0.2, 0) is 52.3 Å². The second-order valence-electron chi connectivity index (χ2n) is 16.4. The fourth-order valence-electron chi connectivity index (χ4n) is 9.52. The van der Waals surface area contributed by atoms with E-state index in [-0.39, 0.29) is 43.0 Å². The molecule has 2 heterocycles. The molecule has 1 aliphatic heterocycles. The van der Waals surface area contributed by atoms with Crippen LogP contribution < -0.4 is 5.32 Å². The summed E-state index contributed by atoms with van der Waals surface area (Å²) >= 11 is 1.13. The van der Waals surface area contributed by atoms with Gasteiger partial charge >= 0.3 is 30.0 Å². The Bertz CT molecular complexity index is 2020. The van der Waals surface area contributed by atoms with Crippen molar-refractivity contribution in [1.82, 2.24) is 5.32 Å². The molecule has 2 aromatic rings. The van der Waals surface area contributed by atoms with E-state index in [2.05, 4.69) is 5.32 Å². The number of rotatable bonds is 12. The summed E-state index contributed by atoms with van der Waals surface area (Å²) in [7, 11) is 1.42. The highest BCUT2D eigenvalue weighted by atomic mass is 32.1. The number of alkyl carbamates (subject to hydrolysis) is 1. The third-order valence-corrected chi connectivity index (χ3v) is 13.6. The summed E-state index contributed by atoms with van der Waals surface area (Å²) in [6.07, 6.45) is -11.5. The first kappa shape index (κ1) is 44.8. The van der Waals surface area contributed by atoms with E-state index in [1.807, 2.05) is 0 Å². The minimum Gasteiger partial charge on any atom is -0.456 e. The minimum absolute atomic E-state index is 0.0143. The van der Waals surface area contributed by atoms with Crippen LogP contribution in [0.2, 0.25) is 0 Å². The number of esters is 4. The van der Waals surface area contributed by atoms with Gasteiger partial charge < -0.3 is 53.8 Å². The van der Waals surface area contributed by atoms with Crippen molar-refractivity contribution in [3.05, 3.63) is 69.4 Å². The van der Waals surface area contributed by atoms with Gasteiger partial charge in [0.2, 0.25) is 0 Å². The molecule has 4 N–H and O–H groups in total. The normalized spacial score (nSPS) is 32.6. The molecule has 1 aromatic carbocycles. The van der Waals surface area contributed by atoms with Gasteiger partial charge in [-0.1, -0.05) is 38.1 Å². The molecule has 326 valence electrons. The van der Waals surface area contributed by atoms with Crippen LogP contribution in [0, 0.1) is 16.7 Å². The molecule has 4 aliphatic rings. The lowest BCUT2D eigenvalue weighted by atomic mass is 9.44. The van der Waals surface area contributed by atoms with Gasteiger partial charge in [0.25, 0.3) is 0 Å². The van der Waals surface area contributed by atoms with E-state index < -0.39 is 113 Å². The zero-order valence-corrected chi connectivity index (χ0v) is 35.1. The number of hydrogen-bond donors (Lipinski definition) is 4. The molecule has 17 nitrogen and oxygen atoms in total. The van der Waals surface area contributed by atoms with Gasteiger partial charge in [0.15, 0.2) is 23.6 Å². The highest BCUT2D eigenvalue weighted by Crippen LogP contribution is 2.64. The number of Topliss-reactive ketones (excluding diaryl/α,β-unsaturated/α-hetero) is 1. The lowest BCUT2D eigenvalue weighted by Crippen LogP contribution is -2.82. The number of aliphatic hydroxyl groups excluding tert-OH is 2. The standard InChI is InChI=1S/C42H51NO16S/c1-21-25(57-37(50)31(47)30(26-14-11-17-60-26)43-38(51)54-16-15-53-7)19-42(52)35(58-36(49)24-12-9-8-10-13-24)33-40(6,27(46)18-28-41(33,20-55-28)59-23(3)45)34(48)32(56-22(2)44)29(21)39(42,4)5/h8-14,17,25,27-28,30-33,35,46-47,52H,15-16,18-20H2,1-7H3,(H,43,51)/t25?,27?,28?,30?,31?,32?,33?,35?,40-,41+,42?/m1/s1. The van der Waals surface area contributed by atoms with Crippen LogP contribution in [-0.4, -0.2) is 126 Å². The van der Waals surface area contributed by atoms with E-state index in [4.69, 9.17) is 33.2 Å². The average molecular weight is 858 g/mol. The molecular formula is C42H51NO16S. The van der Waals surface area contributed by atoms with E-state index in [1.165, 1.54) is 33.1 Å². The van der Waals surface area contributed by atoms with E-state index in [9.17, 15) is 39.3 Å². The molecule has 9 unspecified atom stereocenters. The Morgan fingerprint density at radius 2 is 1.68 bits per heavy atom. The average Bonchev–Trinajstić information content (AvgIpc) is 3.73. The number of aliphatic hydroxyl groups is 3. The summed E-state index contributed by atoms with van der Waals surface area (Å²) in [5, 5.41) is 41.3. The lowest BCUT2D eigenvalue weighted by molar-refractivity contribution is -0.346. The predicted octanol–water partition coefficient (Wildman–Crippen LogP) is 2.74. The maximum atomic E-state index is 15.4. The van der Waals surface area contributed by atoms with E-state index in [1.54, 1.807) is 49.6 Å². The van der Waals surface area contributed by atoms with Crippen molar-refractivity contribution in [1.29, 1.82) is 0 Å². The Kier molecular flexibility index (Phi) is 12.7. The first-order valence-electron chi connectivity index (χ1n) is 19.5. The first-order chi connectivity index (χ1) is 28.2. The summed E-state index contributed by atoms with van der Waals surface area (Å²) in [4.78, 5) is 82.7. The van der Waals surface area contributed by atoms with Gasteiger partial charge in [-0.25, -0.2) is 14.4 Å². The second-order valence-corrected chi connectivity index (χ2v) is 17.4. The fraction of sp³-hybridized carbons (Fsp3) is 0.571. The molecule has 2 saturated carbocycles. The highest BCUT2D eigenvalue weighted by Gasteiger charge is 2.78. The van der Waals surface area contributed by atoms with Gasteiger partial charge in [0.05, 0.1) is 36.2 Å². The van der Waals surface area contributed by atoms with Crippen LogP contribution >= 0.6 is 11.3 Å². The zero-order chi connectivity index (χ0) is 43.9. The fourth-order valence-corrected chi connectivity index (χ4v) is 10.3. The molecule has 6 rings (SSSR count). The number of benzene rings is 1. The lowest BCUT2D eigenvalue weighted by Gasteiger charge is -2.67. The highest BCUT2D eigenvalue weighted by molar-refractivity contribution is 7.10. The van der Waals surface area contributed by atoms with Crippen LogP contribution in [0.25, 0.3) is 0 Å². The number of amides is 1. The summed E-state index contributed by atoms with van der Waals surface area (Å²) in [6, 6.07) is 9.66. The molecule has 2 bridgehead atoms. The van der Waals surface area contributed by atoms with Crippen LogP contribution in [0.3, 0.4) is 0 Å². The predicted molar refractivity (Wildman–Crippen MR) is 208 cm³/mol. The number of carbonyl (C=O) groups excluding carboxylic acids is 6. The van der Waals surface area contributed by atoms with Crippen molar-refractivity contribution >= 4 is 47.1 Å². The molecule has 0 spiro atoms. The van der Waals surface area contributed by atoms with Crippen molar-refractivity contribution in [2.24, 2.45) is 16.7 Å². The van der Waals surface area contributed by atoms with E-state index in [0.717, 1.165) is 25.2 Å². The SMILES string of the molecule is COCCOC(=O)NC(c1cccs1)C(O)C(=O)OC1CC2(O)C(OC(=O)c3ccccc3)C3[C@]4(OC(C)=O)COC4CC(O)[C@@]3(C)C(=O)C(OC(C)=O)C(=C1C)C2(C)C. The first-order valence-corrected chi connectivity index (χ1v) is 20.4. The van der Waals surface area contributed by atoms with E-state index >= 15 is 4.79 Å². The molecule has 11 atom stereocenters. The third-order valence-electron chi connectivity index (χ3n) is 12.6. The Balaban J connectivity index is 1.52. The van der Waals surface area contributed by atoms with Crippen molar-refractivity contribution < 1.29 is 77.2 Å². The Morgan fingerprint density at radius 1 is 0.983 bits per heavy atom. The van der Waals surface area contributed by atoms with Crippen LogP contribution in [0.1, 0.15) is 75.7 Å². The van der Waals surface area contributed by atoms with Crippen molar-refractivity contribution in [3.8, 4) is 0 Å². The van der Waals surface area contributed by atoms with Gasteiger partial charge in [-0.15, -0.1) is 11.3 Å². The number of fused-ring (bicyclic) bond motifs is 5. The molecule has 1 aromatic heterocycles. The quantitative estimate of drug-likeness (QED) is 0.104. The monoisotopic (exact) mass is 857 g/mol. The summed E-state index contributed by atoms with van der Waals surface area (Å²) < 4.78 is 40.1. The Labute approximate surface area is 350 Å². The molecule has 60 heavy (non-hydrogen) atoms. The smallest absolute Gasteiger partial charge is 0.407 e. The van der Waals surface area contributed by atoms with Crippen LogP contribution in [0.4, 0.5) is 4.79 Å². The molecular weight excluding hydrogens is 807 g/mol. The Morgan fingerprint density at radius 3 is 2.27 bits per heavy atom. The summed E-state index contributed by atoms with van der Waals surface area (Å²) in [5.41, 5.74) is -7.68. The second kappa shape index (κ2) is 17.0. The maximum Gasteiger partial charge on any atom is 0.407 e. The number of methoxy groups -OCH3 is 1. The van der Waals surface area contributed by atoms with Gasteiger partial charge in [0.1, 0.15) is 36.6 Å². The number of hydrogen-bond acceptors (Lipinski definition) is 17. The molecule has 18 heteroatoms. The van der Waals surface area contributed by atoms with Crippen LogP contribution in [0.5, 0.6) is 0 Å². The van der Waals surface area contributed by atoms with Gasteiger partial charge in [-0.2, -0.15) is 0 Å². The zero-order valence-electron chi connectivity index (χ0n) is 34.3. The van der Waals surface area contributed by atoms with E-state index in [0.29, 0.717) is 4.88 Å². The van der Waals surface area contributed by atoms with Crippen molar-refractivity contribution in [2.45, 2.75) is 108 Å². The number of ether oxygens (including phenoxy) is 7. The van der Waals surface area contributed by atoms with Gasteiger partial charge in [-0.3, -0.25) is 14.4 Å². The number of nitrogens with one attached hydrogen (secondary N) is 1. The molecule has 3 fully saturated rings. The number of carbonyl (C=O) groups is 6. The number of thiophene rings is 1. The van der Waals surface area contributed by atoms with Crippen molar-refractivity contribution in [3.63, 3.8) is 0 Å². The molecule has 3 aliphatic carbocycles. The summed E-state index contributed by atoms with van der Waals surface area (Å²) in [6.45, 7) is 7.87. The Hall–Kier alpha value is -4.72. The molecule has 1 saturated heterocycles. The maximum absolute atomic E-state index is 15.4. The third kappa shape index (κ3) is 7.62.